The van der Waals surface area contributed by atoms with Crippen LogP contribution in [-0.4, -0.2) is 35.1 Å². The smallest absolute Gasteiger partial charge is 0.238 e. The van der Waals surface area contributed by atoms with Crippen molar-refractivity contribution in [1.82, 2.24) is 4.90 Å². The third-order valence-corrected chi connectivity index (χ3v) is 4.82. The van der Waals surface area contributed by atoms with Gasteiger partial charge in [-0.1, -0.05) is 48.5 Å². The van der Waals surface area contributed by atoms with E-state index in [-0.39, 0.29) is 25.1 Å². The standard InChI is InChI=1S/C21H26N2O2/c1-16-7-5-6-10-19(16)22-21(25)14-23(20(15-24)18-11-12-18)13-17-8-3-2-4-9-17/h2-10,18,20,24H,11-15H2,1H3,(H,22,25). The molecule has 3 rings (SSSR count). The first-order chi connectivity index (χ1) is 12.2. The van der Waals surface area contributed by atoms with Gasteiger partial charge in [-0.05, 0) is 42.9 Å². The molecule has 1 amide bonds. The number of anilines is 1. The van der Waals surface area contributed by atoms with Gasteiger partial charge in [0.05, 0.1) is 13.2 Å². The van der Waals surface area contributed by atoms with Crippen molar-refractivity contribution in [3.63, 3.8) is 0 Å². The van der Waals surface area contributed by atoms with Gasteiger partial charge in [-0.25, -0.2) is 0 Å². The van der Waals surface area contributed by atoms with Gasteiger partial charge >= 0.3 is 0 Å². The highest BCUT2D eigenvalue weighted by molar-refractivity contribution is 5.92. The summed E-state index contributed by atoms with van der Waals surface area (Å²) < 4.78 is 0. The van der Waals surface area contributed by atoms with Gasteiger partial charge in [0.15, 0.2) is 0 Å². The van der Waals surface area contributed by atoms with Crippen LogP contribution in [0, 0.1) is 12.8 Å². The summed E-state index contributed by atoms with van der Waals surface area (Å²) in [5.41, 5.74) is 3.05. The summed E-state index contributed by atoms with van der Waals surface area (Å²) in [6, 6.07) is 18.0. The van der Waals surface area contributed by atoms with E-state index in [1.54, 1.807) is 0 Å². The van der Waals surface area contributed by atoms with Gasteiger partial charge in [0.2, 0.25) is 5.91 Å². The van der Waals surface area contributed by atoms with E-state index in [1.165, 1.54) is 0 Å². The molecule has 132 valence electrons. The van der Waals surface area contributed by atoms with E-state index in [0.717, 1.165) is 29.7 Å². The lowest BCUT2D eigenvalue weighted by molar-refractivity contribution is -0.118. The Labute approximate surface area is 149 Å². The van der Waals surface area contributed by atoms with Crippen molar-refractivity contribution in [1.29, 1.82) is 0 Å². The van der Waals surface area contributed by atoms with Crippen LogP contribution < -0.4 is 5.32 Å². The lowest BCUT2D eigenvalue weighted by Gasteiger charge is -2.30. The summed E-state index contributed by atoms with van der Waals surface area (Å²) in [5, 5.41) is 12.9. The van der Waals surface area contributed by atoms with Crippen LogP contribution in [0.3, 0.4) is 0 Å². The number of hydrogen-bond donors (Lipinski definition) is 2. The number of aliphatic hydroxyl groups excluding tert-OH is 1. The third-order valence-electron chi connectivity index (χ3n) is 4.82. The van der Waals surface area contributed by atoms with E-state index in [1.807, 2.05) is 49.4 Å². The summed E-state index contributed by atoms with van der Waals surface area (Å²) in [6.07, 6.45) is 2.27. The zero-order valence-corrected chi connectivity index (χ0v) is 14.7. The van der Waals surface area contributed by atoms with Crippen molar-refractivity contribution < 1.29 is 9.90 Å². The number of para-hydroxylation sites is 1. The second-order valence-corrected chi connectivity index (χ2v) is 6.84. The molecule has 2 aromatic carbocycles. The molecule has 25 heavy (non-hydrogen) atoms. The van der Waals surface area contributed by atoms with Crippen molar-refractivity contribution in [3.8, 4) is 0 Å². The molecule has 1 fully saturated rings. The highest BCUT2D eigenvalue weighted by Gasteiger charge is 2.35. The molecule has 1 atom stereocenters. The fraction of sp³-hybridized carbons (Fsp3) is 0.381. The number of aryl methyl sites for hydroxylation is 1. The second kappa shape index (κ2) is 8.28. The SMILES string of the molecule is Cc1ccccc1NC(=O)CN(Cc1ccccc1)C(CO)C1CC1. The normalized spacial score (nSPS) is 15.2. The van der Waals surface area contributed by atoms with E-state index in [4.69, 9.17) is 0 Å². The molecule has 0 radical (unpaired) electrons. The molecule has 1 unspecified atom stereocenters. The number of aliphatic hydroxyl groups is 1. The quantitative estimate of drug-likeness (QED) is 0.777. The Bertz CT molecular complexity index is 698. The number of carbonyl (C=O) groups is 1. The van der Waals surface area contributed by atoms with Crippen LogP contribution in [-0.2, 0) is 11.3 Å². The van der Waals surface area contributed by atoms with Crippen LogP contribution in [0.1, 0.15) is 24.0 Å². The first-order valence-corrected chi connectivity index (χ1v) is 8.91. The average Bonchev–Trinajstić information content (AvgIpc) is 3.43. The molecule has 2 aromatic rings. The first kappa shape index (κ1) is 17.6. The van der Waals surface area contributed by atoms with Crippen molar-refractivity contribution >= 4 is 11.6 Å². The number of nitrogens with one attached hydrogen (secondary N) is 1. The van der Waals surface area contributed by atoms with Crippen LogP contribution in [0.25, 0.3) is 0 Å². The van der Waals surface area contributed by atoms with Gasteiger partial charge in [0, 0.05) is 18.3 Å². The zero-order chi connectivity index (χ0) is 17.6. The van der Waals surface area contributed by atoms with E-state index >= 15 is 0 Å². The number of carbonyl (C=O) groups excluding carboxylic acids is 1. The molecule has 1 aliphatic carbocycles. The monoisotopic (exact) mass is 338 g/mol. The van der Waals surface area contributed by atoms with E-state index < -0.39 is 0 Å². The molecule has 4 nitrogen and oxygen atoms in total. The fourth-order valence-electron chi connectivity index (χ4n) is 3.24. The molecule has 0 spiro atoms. The van der Waals surface area contributed by atoms with Crippen LogP contribution >= 0.6 is 0 Å². The largest absolute Gasteiger partial charge is 0.395 e. The topological polar surface area (TPSA) is 52.6 Å². The van der Waals surface area contributed by atoms with Crippen molar-refractivity contribution in [2.45, 2.75) is 32.4 Å². The Balaban J connectivity index is 1.70. The first-order valence-electron chi connectivity index (χ1n) is 8.91. The minimum Gasteiger partial charge on any atom is -0.395 e. The van der Waals surface area contributed by atoms with Crippen molar-refractivity contribution in [2.75, 3.05) is 18.5 Å². The lowest BCUT2D eigenvalue weighted by atomic mass is 10.1. The second-order valence-electron chi connectivity index (χ2n) is 6.84. The van der Waals surface area contributed by atoms with E-state index in [0.29, 0.717) is 12.5 Å². The number of rotatable bonds is 8. The Kier molecular flexibility index (Phi) is 5.84. The van der Waals surface area contributed by atoms with Crippen molar-refractivity contribution in [3.05, 3.63) is 65.7 Å². The highest BCUT2D eigenvalue weighted by atomic mass is 16.3. The minimum absolute atomic E-state index is 0.0377. The lowest BCUT2D eigenvalue weighted by Crippen LogP contribution is -2.43. The molecule has 2 N–H and O–H groups in total. The number of benzene rings is 2. The number of nitrogens with zero attached hydrogens (tertiary/aromatic N) is 1. The Morgan fingerprint density at radius 1 is 1.16 bits per heavy atom. The van der Waals surface area contributed by atoms with Gasteiger partial charge in [0.25, 0.3) is 0 Å². The summed E-state index contributed by atoms with van der Waals surface area (Å²) >= 11 is 0. The molecule has 0 aromatic heterocycles. The third kappa shape index (κ3) is 4.91. The molecular formula is C21H26N2O2. The minimum atomic E-state index is -0.0377. The van der Waals surface area contributed by atoms with Crippen molar-refractivity contribution in [2.24, 2.45) is 5.92 Å². The van der Waals surface area contributed by atoms with Crippen LogP contribution in [0.4, 0.5) is 5.69 Å². The summed E-state index contributed by atoms with van der Waals surface area (Å²) in [6.45, 7) is 3.03. The summed E-state index contributed by atoms with van der Waals surface area (Å²) in [5.74, 6) is 0.462. The van der Waals surface area contributed by atoms with Gasteiger partial charge in [-0.15, -0.1) is 0 Å². The maximum absolute atomic E-state index is 12.6. The summed E-state index contributed by atoms with van der Waals surface area (Å²) in [4.78, 5) is 14.7. The average molecular weight is 338 g/mol. The Morgan fingerprint density at radius 2 is 1.84 bits per heavy atom. The molecule has 0 heterocycles. The predicted molar refractivity (Wildman–Crippen MR) is 100 cm³/mol. The van der Waals surface area contributed by atoms with Crippen LogP contribution in [0.15, 0.2) is 54.6 Å². The van der Waals surface area contributed by atoms with Gasteiger partial charge in [0.1, 0.15) is 0 Å². The molecule has 4 heteroatoms. The maximum Gasteiger partial charge on any atom is 0.238 e. The fourth-order valence-corrected chi connectivity index (χ4v) is 3.24. The van der Waals surface area contributed by atoms with Gasteiger partial charge in [-0.2, -0.15) is 0 Å². The van der Waals surface area contributed by atoms with E-state index in [2.05, 4.69) is 22.3 Å². The van der Waals surface area contributed by atoms with Crippen LogP contribution in [0.5, 0.6) is 0 Å². The van der Waals surface area contributed by atoms with Gasteiger partial charge in [-0.3, -0.25) is 9.69 Å². The zero-order valence-electron chi connectivity index (χ0n) is 14.7. The molecular weight excluding hydrogens is 312 g/mol. The molecule has 0 bridgehead atoms. The predicted octanol–water partition coefficient (Wildman–Crippen LogP) is 3.21. The maximum atomic E-state index is 12.6. The molecule has 0 saturated heterocycles. The number of amides is 1. The van der Waals surface area contributed by atoms with Gasteiger partial charge < -0.3 is 10.4 Å². The van der Waals surface area contributed by atoms with E-state index in [9.17, 15) is 9.90 Å². The Morgan fingerprint density at radius 3 is 2.48 bits per heavy atom. The molecule has 1 aliphatic rings. The Hall–Kier alpha value is -2.17. The van der Waals surface area contributed by atoms with Crippen LogP contribution in [0.2, 0.25) is 0 Å². The highest BCUT2D eigenvalue weighted by Crippen LogP contribution is 2.35. The summed E-state index contributed by atoms with van der Waals surface area (Å²) in [7, 11) is 0. The molecule has 1 saturated carbocycles. The number of hydrogen-bond acceptors (Lipinski definition) is 3. The molecule has 0 aliphatic heterocycles.